The molecular formula is C15H30N2O. The Labute approximate surface area is 112 Å². The second kappa shape index (κ2) is 7.78. The Morgan fingerprint density at radius 2 is 1.78 bits per heavy atom. The molecule has 0 aromatic heterocycles. The van der Waals surface area contributed by atoms with E-state index >= 15 is 0 Å². The van der Waals surface area contributed by atoms with Crippen molar-refractivity contribution in [3.05, 3.63) is 0 Å². The van der Waals surface area contributed by atoms with Crippen LogP contribution >= 0.6 is 0 Å². The fourth-order valence-corrected chi connectivity index (χ4v) is 2.60. The first-order valence-electron chi connectivity index (χ1n) is 7.68. The lowest BCUT2D eigenvalue weighted by Crippen LogP contribution is -2.58. The first-order chi connectivity index (χ1) is 8.64. The monoisotopic (exact) mass is 254 g/mol. The summed E-state index contributed by atoms with van der Waals surface area (Å²) in [5.41, 5.74) is -0.306. The molecule has 1 heterocycles. The Kier molecular flexibility index (Phi) is 6.69. The van der Waals surface area contributed by atoms with Crippen molar-refractivity contribution in [1.82, 2.24) is 10.2 Å². The Morgan fingerprint density at radius 3 is 2.22 bits per heavy atom. The zero-order valence-electron chi connectivity index (χ0n) is 12.4. The molecule has 0 aliphatic carbocycles. The van der Waals surface area contributed by atoms with Crippen LogP contribution < -0.4 is 5.32 Å². The molecule has 1 N–H and O–H groups in total. The van der Waals surface area contributed by atoms with Gasteiger partial charge in [0.15, 0.2) is 0 Å². The standard InChI is InChI=1S/C15H30N2O/c1-4-6-12-17(13-7-5-2)14(18)15(3)10-8-9-11-16-15/h16H,4-13H2,1-3H3. The quantitative estimate of drug-likeness (QED) is 0.757. The average molecular weight is 254 g/mol. The highest BCUT2D eigenvalue weighted by Crippen LogP contribution is 2.21. The van der Waals surface area contributed by atoms with Crippen molar-refractivity contribution in [2.45, 2.75) is 71.3 Å². The lowest BCUT2D eigenvalue weighted by Gasteiger charge is -2.38. The molecule has 0 aromatic carbocycles. The van der Waals surface area contributed by atoms with E-state index in [4.69, 9.17) is 0 Å². The maximum atomic E-state index is 12.7. The van der Waals surface area contributed by atoms with E-state index < -0.39 is 0 Å². The average Bonchev–Trinajstić information content (AvgIpc) is 2.39. The van der Waals surface area contributed by atoms with Gasteiger partial charge < -0.3 is 10.2 Å². The molecular weight excluding hydrogens is 224 g/mol. The lowest BCUT2D eigenvalue weighted by molar-refractivity contribution is -0.139. The number of nitrogens with zero attached hydrogens (tertiary/aromatic N) is 1. The van der Waals surface area contributed by atoms with Gasteiger partial charge in [0.25, 0.3) is 0 Å². The van der Waals surface area contributed by atoms with Crippen LogP contribution in [0.3, 0.4) is 0 Å². The zero-order chi connectivity index (χ0) is 13.4. The molecule has 1 saturated heterocycles. The maximum absolute atomic E-state index is 12.7. The molecule has 3 heteroatoms. The van der Waals surface area contributed by atoms with Crippen LogP contribution in [0.4, 0.5) is 0 Å². The summed E-state index contributed by atoms with van der Waals surface area (Å²) in [5.74, 6) is 0.323. The summed E-state index contributed by atoms with van der Waals surface area (Å²) in [6.45, 7) is 9.28. The van der Waals surface area contributed by atoms with Crippen LogP contribution in [0.1, 0.15) is 65.7 Å². The van der Waals surface area contributed by atoms with Gasteiger partial charge in [-0.3, -0.25) is 4.79 Å². The van der Waals surface area contributed by atoms with Crippen LogP contribution in [0.15, 0.2) is 0 Å². The maximum Gasteiger partial charge on any atom is 0.242 e. The summed E-state index contributed by atoms with van der Waals surface area (Å²) in [6, 6.07) is 0. The molecule has 0 radical (unpaired) electrons. The minimum atomic E-state index is -0.306. The van der Waals surface area contributed by atoms with Gasteiger partial charge in [-0.15, -0.1) is 0 Å². The molecule has 1 fully saturated rings. The summed E-state index contributed by atoms with van der Waals surface area (Å²) in [4.78, 5) is 14.8. The molecule has 0 aromatic rings. The highest BCUT2D eigenvalue weighted by molar-refractivity contribution is 5.86. The minimum Gasteiger partial charge on any atom is -0.341 e. The van der Waals surface area contributed by atoms with Crippen molar-refractivity contribution in [3.8, 4) is 0 Å². The first-order valence-corrected chi connectivity index (χ1v) is 7.68. The van der Waals surface area contributed by atoms with Crippen molar-refractivity contribution in [2.75, 3.05) is 19.6 Å². The highest BCUT2D eigenvalue weighted by Gasteiger charge is 2.36. The van der Waals surface area contributed by atoms with Crippen molar-refractivity contribution in [1.29, 1.82) is 0 Å². The third kappa shape index (κ3) is 4.27. The summed E-state index contributed by atoms with van der Waals surface area (Å²) in [5, 5.41) is 3.44. The summed E-state index contributed by atoms with van der Waals surface area (Å²) >= 11 is 0. The molecule has 0 spiro atoms. The number of piperidine rings is 1. The van der Waals surface area contributed by atoms with Crippen LogP contribution in [0.5, 0.6) is 0 Å². The molecule has 1 aliphatic rings. The van der Waals surface area contributed by atoms with E-state index in [0.717, 1.165) is 51.7 Å². The number of amides is 1. The van der Waals surface area contributed by atoms with Crippen LogP contribution in [-0.2, 0) is 4.79 Å². The summed E-state index contributed by atoms with van der Waals surface area (Å²) in [7, 11) is 0. The number of hydrogen-bond donors (Lipinski definition) is 1. The fourth-order valence-electron chi connectivity index (χ4n) is 2.60. The van der Waals surface area contributed by atoms with E-state index in [2.05, 4.69) is 31.0 Å². The van der Waals surface area contributed by atoms with E-state index in [1.807, 2.05) is 0 Å². The molecule has 106 valence electrons. The number of rotatable bonds is 7. The molecule has 0 saturated carbocycles. The van der Waals surface area contributed by atoms with Gasteiger partial charge in [0.05, 0.1) is 5.54 Å². The highest BCUT2D eigenvalue weighted by atomic mass is 16.2. The largest absolute Gasteiger partial charge is 0.341 e. The van der Waals surface area contributed by atoms with E-state index in [1.165, 1.54) is 12.8 Å². The fraction of sp³-hybridized carbons (Fsp3) is 0.933. The summed E-state index contributed by atoms with van der Waals surface area (Å²) < 4.78 is 0. The van der Waals surface area contributed by atoms with Gasteiger partial charge in [0.2, 0.25) is 5.91 Å². The van der Waals surface area contributed by atoms with E-state index in [-0.39, 0.29) is 5.54 Å². The number of unbranched alkanes of at least 4 members (excludes halogenated alkanes) is 2. The first kappa shape index (κ1) is 15.5. The predicted molar refractivity (Wildman–Crippen MR) is 76.7 cm³/mol. The van der Waals surface area contributed by atoms with Crippen LogP contribution in [-0.4, -0.2) is 36.0 Å². The Bertz CT molecular complexity index is 239. The SMILES string of the molecule is CCCCN(CCCC)C(=O)C1(C)CCCCN1. The molecule has 0 bridgehead atoms. The number of carbonyl (C=O) groups is 1. The van der Waals surface area contributed by atoms with E-state index in [9.17, 15) is 4.79 Å². The van der Waals surface area contributed by atoms with Crippen molar-refractivity contribution in [3.63, 3.8) is 0 Å². The van der Waals surface area contributed by atoms with Crippen LogP contribution in [0.2, 0.25) is 0 Å². The molecule has 3 nitrogen and oxygen atoms in total. The van der Waals surface area contributed by atoms with Crippen molar-refractivity contribution in [2.24, 2.45) is 0 Å². The lowest BCUT2D eigenvalue weighted by atomic mass is 9.89. The van der Waals surface area contributed by atoms with E-state index in [0.29, 0.717) is 5.91 Å². The molecule has 1 unspecified atom stereocenters. The normalized spacial score (nSPS) is 23.9. The van der Waals surface area contributed by atoms with Crippen LogP contribution in [0.25, 0.3) is 0 Å². The molecule has 18 heavy (non-hydrogen) atoms. The van der Waals surface area contributed by atoms with Gasteiger partial charge in [-0.2, -0.15) is 0 Å². The van der Waals surface area contributed by atoms with E-state index in [1.54, 1.807) is 0 Å². The van der Waals surface area contributed by atoms with Gasteiger partial charge in [0.1, 0.15) is 0 Å². The van der Waals surface area contributed by atoms with Crippen molar-refractivity contribution < 1.29 is 4.79 Å². The molecule has 1 atom stereocenters. The molecule has 1 aliphatic heterocycles. The summed E-state index contributed by atoms with van der Waals surface area (Å²) in [6.07, 6.45) is 7.90. The van der Waals surface area contributed by atoms with Gasteiger partial charge in [-0.25, -0.2) is 0 Å². The van der Waals surface area contributed by atoms with Gasteiger partial charge in [-0.1, -0.05) is 26.7 Å². The second-order valence-corrected chi connectivity index (χ2v) is 5.72. The predicted octanol–water partition coefficient (Wildman–Crippen LogP) is 2.95. The zero-order valence-corrected chi connectivity index (χ0v) is 12.4. The number of hydrogen-bond acceptors (Lipinski definition) is 2. The number of nitrogens with one attached hydrogen (secondary N) is 1. The van der Waals surface area contributed by atoms with Gasteiger partial charge >= 0.3 is 0 Å². The van der Waals surface area contributed by atoms with Crippen molar-refractivity contribution >= 4 is 5.91 Å². The smallest absolute Gasteiger partial charge is 0.242 e. The number of carbonyl (C=O) groups excluding carboxylic acids is 1. The second-order valence-electron chi connectivity index (χ2n) is 5.72. The molecule has 1 amide bonds. The topological polar surface area (TPSA) is 32.3 Å². The van der Waals surface area contributed by atoms with Gasteiger partial charge in [0, 0.05) is 13.1 Å². The Balaban J connectivity index is 2.60. The van der Waals surface area contributed by atoms with Gasteiger partial charge in [-0.05, 0) is 45.6 Å². The van der Waals surface area contributed by atoms with Crippen LogP contribution in [0, 0.1) is 0 Å². The third-order valence-corrected chi connectivity index (χ3v) is 3.94. The minimum absolute atomic E-state index is 0.306. The Hall–Kier alpha value is -0.570. The third-order valence-electron chi connectivity index (χ3n) is 3.94. The Morgan fingerprint density at radius 1 is 1.17 bits per heavy atom. The molecule has 1 rings (SSSR count).